The molecule has 5 nitrogen and oxygen atoms in total. The van der Waals surface area contributed by atoms with Crippen LogP contribution in [-0.2, 0) is 19.1 Å². The molecule has 0 unspecified atom stereocenters. The van der Waals surface area contributed by atoms with Gasteiger partial charge in [-0.05, 0) is 63.7 Å². The van der Waals surface area contributed by atoms with E-state index in [2.05, 4.69) is 11.8 Å². The number of aryl methyl sites for hydroxylation is 1. The van der Waals surface area contributed by atoms with Gasteiger partial charge in [0.25, 0.3) is 0 Å². The first kappa shape index (κ1) is 19.1. The monoisotopic (exact) mass is 377 g/mol. The van der Waals surface area contributed by atoms with Crippen LogP contribution in [0, 0.1) is 12.8 Å². The molecule has 142 valence electrons. The third-order valence-corrected chi connectivity index (χ3v) is 6.60. The quantitative estimate of drug-likeness (QED) is 0.447. The third-order valence-electron chi connectivity index (χ3n) is 5.41. The molecule has 6 heteroatoms. The summed E-state index contributed by atoms with van der Waals surface area (Å²) in [6.45, 7) is 6.12. The summed E-state index contributed by atoms with van der Waals surface area (Å²) >= 11 is 0. The Hall–Kier alpha value is -1.66. The van der Waals surface area contributed by atoms with E-state index in [1.807, 2.05) is 6.92 Å². The number of carbonyl (C=O) groups excluding carboxylic acids is 1. The number of ketones is 1. The van der Waals surface area contributed by atoms with Crippen molar-refractivity contribution in [2.24, 2.45) is 5.92 Å². The van der Waals surface area contributed by atoms with Crippen LogP contribution < -0.4 is 0 Å². The fourth-order valence-electron chi connectivity index (χ4n) is 4.02. The lowest BCUT2D eigenvalue weighted by Gasteiger charge is -2.44. The average molecular weight is 378 g/mol. The second-order valence-corrected chi connectivity index (χ2v) is 8.92. The first-order valence-corrected chi connectivity index (χ1v) is 10.8. The number of rotatable bonds is 5. The van der Waals surface area contributed by atoms with Crippen molar-refractivity contribution in [1.82, 2.24) is 4.90 Å². The Kier molecular flexibility index (Phi) is 5.82. The number of hydrogen-bond acceptors (Lipinski definition) is 5. The van der Waals surface area contributed by atoms with Gasteiger partial charge in [0.05, 0.1) is 0 Å². The smallest absolute Gasteiger partial charge is 0.338 e. The van der Waals surface area contributed by atoms with Crippen LogP contribution in [0.3, 0.4) is 0 Å². The zero-order valence-corrected chi connectivity index (χ0v) is 16.3. The number of hydrogen-bond donors (Lipinski definition) is 0. The first-order valence-electron chi connectivity index (χ1n) is 9.37. The molecule has 0 radical (unpaired) electrons. The van der Waals surface area contributed by atoms with Gasteiger partial charge in [-0.15, -0.1) is 0 Å². The highest BCUT2D eigenvalue weighted by molar-refractivity contribution is 7.86. The van der Waals surface area contributed by atoms with Gasteiger partial charge in [0, 0.05) is 18.0 Å². The molecule has 26 heavy (non-hydrogen) atoms. The number of nitrogens with zero attached hydrogens (tertiary/aromatic N) is 1. The van der Waals surface area contributed by atoms with Crippen molar-refractivity contribution in [3.63, 3.8) is 0 Å². The highest BCUT2D eigenvalue weighted by Gasteiger charge is 2.38. The molecule has 1 saturated heterocycles. The second-order valence-electron chi connectivity index (χ2n) is 7.34. The molecule has 1 aromatic carbocycles. The van der Waals surface area contributed by atoms with E-state index in [0.717, 1.165) is 37.9 Å². The second kappa shape index (κ2) is 7.92. The van der Waals surface area contributed by atoms with E-state index in [0.29, 0.717) is 30.4 Å². The minimum atomic E-state index is -3.90. The van der Waals surface area contributed by atoms with Crippen molar-refractivity contribution in [2.75, 3.05) is 13.1 Å². The van der Waals surface area contributed by atoms with Crippen LogP contribution in [0.15, 0.2) is 41.0 Å². The lowest BCUT2D eigenvalue weighted by atomic mass is 9.76. The van der Waals surface area contributed by atoms with Crippen molar-refractivity contribution in [1.29, 1.82) is 0 Å². The van der Waals surface area contributed by atoms with Gasteiger partial charge >= 0.3 is 10.1 Å². The molecule has 0 bridgehead atoms. The topological polar surface area (TPSA) is 63.7 Å². The van der Waals surface area contributed by atoms with E-state index in [1.54, 1.807) is 12.1 Å². The summed E-state index contributed by atoms with van der Waals surface area (Å²) < 4.78 is 29.8. The van der Waals surface area contributed by atoms with Crippen molar-refractivity contribution in [3.8, 4) is 0 Å². The molecule has 0 N–H and O–H groups in total. The summed E-state index contributed by atoms with van der Waals surface area (Å²) in [4.78, 5) is 15.0. The maximum Gasteiger partial charge on any atom is 0.338 e. The molecule has 1 aliphatic heterocycles. The molecule has 0 spiro atoms. The Balaban J connectivity index is 1.75. The van der Waals surface area contributed by atoms with Crippen LogP contribution in [0.1, 0.15) is 44.6 Å². The van der Waals surface area contributed by atoms with Crippen molar-refractivity contribution >= 4 is 15.9 Å². The first-order chi connectivity index (χ1) is 12.4. The predicted molar refractivity (Wildman–Crippen MR) is 100 cm³/mol. The molecular weight excluding hydrogens is 350 g/mol. The number of carbonyl (C=O) groups is 1. The molecule has 1 aromatic rings. The fraction of sp³-hybridized carbons (Fsp3) is 0.550. The Morgan fingerprint density at radius 2 is 1.96 bits per heavy atom. The maximum atomic E-state index is 12.5. The summed E-state index contributed by atoms with van der Waals surface area (Å²) in [7, 11) is -3.90. The molecule has 2 aliphatic rings. The van der Waals surface area contributed by atoms with Gasteiger partial charge in [-0.3, -0.25) is 9.69 Å². The van der Waals surface area contributed by atoms with Gasteiger partial charge in [-0.1, -0.05) is 24.6 Å². The zero-order valence-electron chi connectivity index (χ0n) is 15.5. The highest BCUT2D eigenvalue weighted by atomic mass is 32.2. The van der Waals surface area contributed by atoms with Gasteiger partial charge < -0.3 is 4.18 Å². The predicted octanol–water partition coefficient (Wildman–Crippen LogP) is 3.44. The van der Waals surface area contributed by atoms with Crippen molar-refractivity contribution in [3.05, 3.63) is 41.7 Å². The van der Waals surface area contributed by atoms with Crippen molar-refractivity contribution in [2.45, 2.75) is 56.9 Å². The van der Waals surface area contributed by atoms with E-state index in [4.69, 9.17) is 4.18 Å². The maximum absolute atomic E-state index is 12.5. The minimum absolute atomic E-state index is 0.0173. The van der Waals surface area contributed by atoms with Crippen LogP contribution in [0.25, 0.3) is 0 Å². The Morgan fingerprint density at radius 3 is 2.65 bits per heavy atom. The summed E-state index contributed by atoms with van der Waals surface area (Å²) in [5.74, 6) is 0.400. The average Bonchev–Trinajstić information content (AvgIpc) is 2.61. The summed E-state index contributed by atoms with van der Waals surface area (Å²) in [6.07, 6.45) is 5.52. The number of likely N-dealkylation sites (tertiary alicyclic amines) is 1. The normalized spacial score (nSPS) is 25.9. The van der Waals surface area contributed by atoms with Gasteiger partial charge in [-0.2, -0.15) is 8.42 Å². The lowest BCUT2D eigenvalue weighted by Crippen LogP contribution is -2.49. The van der Waals surface area contributed by atoms with Crippen LogP contribution in [0.2, 0.25) is 0 Å². The van der Waals surface area contributed by atoms with E-state index < -0.39 is 10.1 Å². The number of benzene rings is 1. The number of fused-ring (bicyclic) bond motifs is 1. The summed E-state index contributed by atoms with van der Waals surface area (Å²) in [5.41, 5.74) is 1.47. The molecule has 1 aliphatic carbocycles. The van der Waals surface area contributed by atoms with Crippen LogP contribution in [0.5, 0.6) is 0 Å². The van der Waals surface area contributed by atoms with Crippen LogP contribution >= 0.6 is 0 Å². The molecular formula is C20H27NO4S. The summed E-state index contributed by atoms with van der Waals surface area (Å²) in [5, 5.41) is 0. The number of piperidine rings is 1. The lowest BCUT2D eigenvalue weighted by molar-refractivity contribution is -0.119. The van der Waals surface area contributed by atoms with Crippen molar-refractivity contribution < 1.29 is 17.4 Å². The molecule has 0 amide bonds. The van der Waals surface area contributed by atoms with Gasteiger partial charge in [-0.25, -0.2) is 0 Å². The van der Waals surface area contributed by atoms with E-state index in [-0.39, 0.29) is 10.7 Å². The minimum Gasteiger partial charge on any atom is -0.387 e. The Labute approximate surface area is 156 Å². The molecule has 1 saturated carbocycles. The molecule has 3 rings (SSSR count). The van der Waals surface area contributed by atoms with E-state index in [1.165, 1.54) is 18.4 Å². The summed E-state index contributed by atoms with van der Waals surface area (Å²) in [6, 6.07) is 6.81. The van der Waals surface area contributed by atoms with E-state index in [9.17, 15) is 13.2 Å². The zero-order chi connectivity index (χ0) is 18.7. The van der Waals surface area contributed by atoms with Gasteiger partial charge in [0.1, 0.15) is 11.2 Å². The van der Waals surface area contributed by atoms with Crippen LogP contribution in [0.4, 0.5) is 0 Å². The SMILES string of the molecule is CCCN1CCC[C@@H]2CC(=O)C(=COS(=O)(=O)c3ccc(C)cc3)C[C@H]21. The molecule has 2 fully saturated rings. The number of Topliss-reactive ketones (excluding diaryl/α,β-unsaturated/α-hetero) is 1. The molecule has 2 atom stereocenters. The van der Waals surface area contributed by atoms with E-state index >= 15 is 0 Å². The third kappa shape index (κ3) is 4.18. The molecule has 0 aromatic heterocycles. The molecule has 1 heterocycles. The Morgan fingerprint density at radius 1 is 1.23 bits per heavy atom. The van der Waals surface area contributed by atoms with Gasteiger partial charge in [0.15, 0.2) is 5.78 Å². The standard InChI is InChI=1S/C20H27NO4S/c1-3-10-21-11-4-5-16-13-20(22)17(12-19(16)21)14-25-26(23,24)18-8-6-15(2)7-9-18/h6-9,14,16,19H,3-5,10-13H2,1-2H3/t16-,19-/m1/s1. The largest absolute Gasteiger partial charge is 0.387 e. The van der Waals surface area contributed by atoms with Gasteiger partial charge in [0.2, 0.25) is 0 Å². The highest BCUT2D eigenvalue weighted by Crippen LogP contribution is 2.36. The fourth-order valence-corrected chi connectivity index (χ4v) is 4.84. The van der Waals surface area contributed by atoms with Crippen LogP contribution in [-0.4, -0.2) is 38.2 Å². The Bertz CT molecular complexity index is 781.